The first-order valence-corrected chi connectivity index (χ1v) is 5.62. The molecule has 1 fully saturated rings. The molecule has 0 aromatic rings. The van der Waals surface area contributed by atoms with Crippen molar-refractivity contribution in [3.63, 3.8) is 0 Å². The van der Waals surface area contributed by atoms with E-state index in [1.165, 1.54) is 7.11 Å². The van der Waals surface area contributed by atoms with Gasteiger partial charge in [0.15, 0.2) is 0 Å². The number of carbonyl (C=O) groups is 1. The van der Waals surface area contributed by atoms with Crippen molar-refractivity contribution in [1.29, 1.82) is 0 Å². The molecule has 0 amide bonds. The number of methoxy groups -OCH3 is 1. The summed E-state index contributed by atoms with van der Waals surface area (Å²) in [6.07, 6.45) is 0. The molecular weight excluding hydrogens is 263 g/mol. The van der Waals surface area contributed by atoms with Crippen LogP contribution in [-0.4, -0.2) is 49.7 Å². The predicted octanol–water partition coefficient (Wildman–Crippen LogP) is 1.32. The highest BCUT2D eigenvalue weighted by Crippen LogP contribution is 2.16. The lowest BCUT2D eigenvalue weighted by atomic mass is 10.00. The van der Waals surface area contributed by atoms with Crippen molar-refractivity contribution in [3.05, 3.63) is 0 Å². The number of nitrogens with one attached hydrogen (secondary N) is 1. The first-order chi connectivity index (χ1) is 7.07. The van der Waals surface area contributed by atoms with E-state index in [1.54, 1.807) is 0 Å². The molecule has 4 nitrogen and oxygen atoms in total. The van der Waals surface area contributed by atoms with E-state index in [2.05, 4.69) is 31.0 Å². The van der Waals surface area contributed by atoms with Crippen molar-refractivity contribution in [1.82, 2.24) is 10.2 Å². The fourth-order valence-corrected chi connectivity index (χ4v) is 2.18. The predicted molar refractivity (Wildman–Crippen MR) is 74.2 cm³/mol. The van der Waals surface area contributed by atoms with Gasteiger partial charge in [-0.05, 0) is 12.8 Å². The van der Waals surface area contributed by atoms with Crippen LogP contribution in [0.5, 0.6) is 0 Å². The van der Waals surface area contributed by atoms with E-state index in [0.717, 1.165) is 19.6 Å². The second kappa shape index (κ2) is 8.97. The first kappa shape index (κ1) is 19.3. The molecule has 0 radical (unpaired) electrons. The summed E-state index contributed by atoms with van der Waals surface area (Å²) in [5.74, 6) is 0.178. The lowest BCUT2D eigenvalue weighted by Gasteiger charge is -2.40. The lowest BCUT2D eigenvalue weighted by molar-refractivity contribution is -0.150. The van der Waals surface area contributed by atoms with Crippen LogP contribution in [-0.2, 0) is 9.53 Å². The quantitative estimate of drug-likeness (QED) is 0.795. The monoisotopic (exact) mass is 286 g/mol. The Morgan fingerprint density at radius 3 is 2.41 bits per heavy atom. The molecule has 0 bridgehead atoms. The van der Waals surface area contributed by atoms with Gasteiger partial charge in [0.2, 0.25) is 0 Å². The van der Waals surface area contributed by atoms with E-state index in [4.69, 9.17) is 4.74 Å². The van der Waals surface area contributed by atoms with Gasteiger partial charge < -0.3 is 10.1 Å². The second-order valence-electron chi connectivity index (χ2n) is 4.50. The van der Waals surface area contributed by atoms with Crippen molar-refractivity contribution in [2.45, 2.75) is 32.9 Å². The number of piperazine rings is 1. The van der Waals surface area contributed by atoms with Gasteiger partial charge in [-0.15, -0.1) is 24.8 Å². The minimum atomic E-state index is -0.112. The first-order valence-electron chi connectivity index (χ1n) is 5.62. The van der Waals surface area contributed by atoms with Crippen LogP contribution in [0.25, 0.3) is 0 Å². The molecule has 0 aromatic heterocycles. The standard InChI is InChI=1S/C11H22N2O2.2ClH/c1-8(2)10(11(14)15-4)13-6-5-12-7-9(13)3;;/h8-10,12H,5-7H2,1-4H3;2*1H/t9-,10?;;/m0../s1. The Kier molecular flexibility index (Phi) is 10.2. The average molecular weight is 287 g/mol. The number of hydrogen-bond acceptors (Lipinski definition) is 4. The number of esters is 1. The van der Waals surface area contributed by atoms with Gasteiger partial charge in [-0.25, -0.2) is 0 Å². The summed E-state index contributed by atoms with van der Waals surface area (Å²) in [7, 11) is 1.46. The summed E-state index contributed by atoms with van der Waals surface area (Å²) < 4.78 is 4.87. The van der Waals surface area contributed by atoms with Crippen molar-refractivity contribution in [2.75, 3.05) is 26.7 Å². The SMILES string of the molecule is COC(=O)C(C(C)C)N1CCNC[C@@H]1C.Cl.Cl. The van der Waals surface area contributed by atoms with Crippen LogP contribution in [0.2, 0.25) is 0 Å². The van der Waals surface area contributed by atoms with Crippen molar-refractivity contribution in [3.8, 4) is 0 Å². The number of rotatable bonds is 3. The zero-order chi connectivity index (χ0) is 11.4. The number of ether oxygens (including phenoxy) is 1. The Labute approximate surface area is 116 Å². The molecule has 1 aliphatic rings. The minimum absolute atomic E-state index is 0. The van der Waals surface area contributed by atoms with Crippen molar-refractivity contribution >= 4 is 30.8 Å². The zero-order valence-corrected chi connectivity index (χ0v) is 12.6. The summed E-state index contributed by atoms with van der Waals surface area (Å²) in [4.78, 5) is 14.0. The highest BCUT2D eigenvalue weighted by atomic mass is 35.5. The lowest BCUT2D eigenvalue weighted by Crippen LogP contribution is -2.57. The van der Waals surface area contributed by atoms with Crippen LogP contribution in [0, 0.1) is 5.92 Å². The number of carbonyl (C=O) groups excluding carboxylic acids is 1. The highest BCUT2D eigenvalue weighted by molar-refractivity contribution is 5.85. The van der Waals surface area contributed by atoms with Crippen LogP contribution in [0.1, 0.15) is 20.8 Å². The molecule has 1 N–H and O–H groups in total. The molecule has 1 unspecified atom stereocenters. The third-order valence-corrected chi connectivity index (χ3v) is 2.98. The van der Waals surface area contributed by atoms with E-state index in [-0.39, 0.29) is 42.7 Å². The Morgan fingerprint density at radius 2 is 2.00 bits per heavy atom. The van der Waals surface area contributed by atoms with Gasteiger partial charge in [-0.3, -0.25) is 9.69 Å². The van der Waals surface area contributed by atoms with Crippen molar-refractivity contribution in [2.24, 2.45) is 5.92 Å². The second-order valence-corrected chi connectivity index (χ2v) is 4.50. The molecule has 1 saturated heterocycles. The average Bonchev–Trinajstić information content (AvgIpc) is 2.20. The third-order valence-electron chi connectivity index (χ3n) is 2.98. The topological polar surface area (TPSA) is 41.6 Å². The van der Waals surface area contributed by atoms with Crippen LogP contribution < -0.4 is 5.32 Å². The molecule has 1 aliphatic heterocycles. The molecule has 2 atom stereocenters. The molecular formula is C11H24Cl2N2O2. The molecule has 0 saturated carbocycles. The highest BCUT2D eigenvalue weighted by Gasteiger charge is 2.33. The Morgan fingerprint density at radius 1 is 1.41 bits per heavy atom. The number of nitrogens with zero attached hydrogens (tertiary/aromatic N) is 1. The summed E-state index contributed by atoms with van der Waals surface area (Å²) >= 11 is 0. The van der Waals surface area contributed by atoms with E-state index in [9.17, 15) is 4.79 Å². The summed E-state index contributed by atoms with van der Waals surface area (Å²) in [6.45, 7) is 9.08. The van der Waals surface area contributed by atoms with Gasteiger partial charge in [-0.1, -0.05) is 13.8 Å². The van der Waals surface area contributed by atoms with Crippen LogP contribution in [0.15, 0.2) is 0 Å². The number of hydrogen-bond donors (Lipinski definition) is 1. The van der Waals surface area contributed by atoms with Crippen LogP contribution in [0.3, 0.4) is 0 Å². The Balaban J connectivity index is 0. The maximum absolute atomic E-state index is 11.7. The molecule has 0 aromatic carbocycles. The number of halogens is 2. The van der Waals surface area contributed by atoms with E-state index >= 15 is 0 Å². The van der Waals surface area contributed by atoms with Gasteiger partial charge in [0.25, 0.3) is 0 Å². The molecule has 1 rings (SSSR count). The maximum atomic E-state index is 11.7. The van der Waals surface area contributed by atoms with Gasteiger partial charge in [0.05, 0.1) is 7.11 Å². The minimum Gasteiger partial charge on any atom is -0.468 e. The van der Waals surface area contributed by atoms with Gasteiger partial charge in [0.1, 0.15) is 6.04 Å². The largest absolute Gasteiger partial charge is 0.468 e. The fourth-order valence-electron chi connectivity index (χ4n) is 2.18. The normalized spacial score (nSPS) is 22.3. The van der Waals surface area contributed by atoms with Crippen molar-refractivity contribution < 1.29 is 9.53 Å². The summed E-state index contributed by atoms with van der Waals surface area (Å²) in [5, 5.41) is 3.32. The summed E-state index contributed by atoms with van der Waals surface area (Å²) in [5.41, 5.74) is 0. The third kappa shape index (κ3) is 5.00. The Hall–Kier alpha value is -0.0300. The maximum Gasteiger partial charge on any atom is 0.323 e. The molecule has 104 valence electrons. The summed E-state index contributed by atoms with van der Waals surface area (Å²) in [6, 6.07) is 0.289. The fraction of sp³-hybridized carbons (Fsp3) is 0.909. The molecule has 6 heteroatoms. The molecule has 1 heterocycles. The van der Waals surface area contributed by atoms with Gasteiger partial charge in [0, 0.05) is 25.7 Å². The zero-order valence-electron chi connectivity index (χ0n) is 10.9. The Bertz CT molecular complexity index is 228. The van der Waals surface area contributed by atoms with E-state index < -0.39 is 0 Å². The smallest absolute Gasteiger partial charge is 0.323 e. The molecule has 0 aliphatic carbocycles. The van der Waals surface area contributed by atoms with Crippen LogP contribution in [0.4, 0.5) is 0 Å². The van der Waals surface area contributed by atoms with Gasteiger partial charge in [-0.2, -0.15) is 0 Å². The van der Waals surface area contributed by atoms with Gasteiger partial charge >= 0.3 is 5.97 Å². The van der Waals surface area contributed by atoms with Crippen LogP contribution >= 0.6 is 24.8 Å². The van der Waals surface area contributed by atoms with E-state index in [1.807, 2.05) is 0 Å². The molecule has 0 spiro atoms. The van der Waals surface area contributed by atoms with E-state index in [0.29, 0.717) is 6.04 Å². The molecule has 17 heavy (non-hydrogen) atoms.